The van der Waals surface area contributed by atoms with E-state index in [2.05, 4.69) is 55.8 Å². The molecule has 1 aromatic carbocycles. The molecule has 0 saturated carbocycles. The molecule has 0 amide bonds. The lowest BCUT2D eigenvalue weighted by Crippen LogP contribution is -2.50. The Hall–Kier alpha value is -1.63. The molecule has 2 saturated heterocycles. The smallest absolute Gasteiger partial charge is 0.191 e. The van der Waals surface area contributed by atoms with Crippen molar-refractivity contribution in [3.8, 4) is 0 Å². The summed E-state index contributed by atoms with van der Waals surface area (Å²) in [5.41, 5.74) is 1.40. The molecule has 6 nitrogen and oxygen atoms in total. The van der Waals surface area contributed by atoms with Crippen LogP contribution in [0.3, 0.4) is 0 Å². The Bertz CT molecular complexity index is 601. The normalized spacial score (nSPS) is 22.1. The topological polar surface area (TPSA) is 52.1 Å². The quantitative estimate of drug-likeness (QED) is 0.378. The minimum Gasteiger partial charge on any atom is -0.385 e. The van der Waals surface area contributed by atoms with Gasteiger partial charge in [0.05, 0.1) is 0 Å². The molecule has 1 atom stereocenters. The average Bonchev–Trinajstić information content (AvgIpc) is 3.20. The highest BCUT2D eigenvalue weighted by Gasteiger charge is 2.25. The van der Waals surface area contributed by atoms with Crippen LogP contribution in [0.15, 0.2) is 35.3 Å². The number of aliphatic imine (C=N–C) groups is 1. The number of rotatable bonds is 9. The van der Waals surface area contributed by atoms with E-state index in [1.165, 1.54) is 37.8 Å². The Morgan fingerprint density at radius 1 is 1.14 bits per heavy atom. The van der Waals surface area contributed by atoms with Crippen LogP contribution in [0.5, 0.6) is 0 Å². The molecule has 162 valence electrons. The number of hydrogen-bond acceptors (Lipinski definition) is 4. The van der Waals surface area contributed by atoms with Crippen molar-refractivity contribution < 1.29 is 4.74 Å². The molecule has 0 aromatic heterocycles. The molecular formula is C23H39N5O. The van der Waals surface area contributed by atoms with Crippen molar-refractivity contribution in [3.63, 3.8) is 0 Å². The number of nitrogens with zero attached hydrogens (tertiary/aromatic N) is 3. The summed E-state index contributed by atoms with van der Waals surface area (Å²) >= 11 is 0. The van der Waals surface area contributed by atoms with Gasteiger partial charge in [-0.15, -0.1) is 0 Å². The summed E-state index contributed by atoms with van der Waals surface area (Å²) in [6, 6.07) is 11.9. The van der Waals surface area contributed by atoms with E-state index < -0.39 is 0 Å². The lowest BCUT2D eigenvalue weighted by atomic mass is 10.1. The Labute approximate surface area is 176 Å². The molecule has 6 heteroatoms. The average molecular weight is 402 g/mol. The van der Waals surface area contributed by atoms with Crippen LogP contribution in [0.25, 0.3) is 0 Å². The second-order valence-electron chi connectivity index (χ2n) is 8.31. The zero-order valence-corrected chi connectivity index (χ0v) is 18.3. The van der Waals surface area contributed by atoms with Crippen molar-refractivity contribution in [2.75, 3.05) is 53.5 Å². The fourth-order valence-electron chi connectivity index (χ4n) is 4.49. The molecule has 3 rings (SSSR count). The van der Waals surface area contributed by atoms with Crippen LogP contribution in [-0.4, -0.2) is 81.3 Å². The maximum atomic E-state index is 5.16. The van der Waals surface area contributed by atoms with Gasteiger partial charge in [0.15, 0.2) is 5.96 Å². The molecule has 1 unspecified atom stereocenters. The fraction of sp³-hybridized carbons (Fsp3) is 0.696. The van der Waals surface area contributed by atoms with Crippen LogP contribution in [0.1, 0.15) is 37.7 Å². The summed E-state index contributed by atoms with van der Waals surface area (Å²) in [5, 5.41) is 7.25. The van der Waals surface area contributed by atoms with Gasteiger partial charge in [-0.05, 0) is 44.2 Å². The summed E-state index contributed by atoms with van der Waals surface area (Å²) in [6.45, 7) is 7.51. The van der Waals surface area contributed by atoms with Gasteiger partial charge in [-0.1, -0.05) is 30.3 Å². The van der Waals surface area contributed by atoms with E-state index >= 15 is 0 Å². The van der Waals surface area contributed by atoms with Crippen molar-refractivity contribution in [2.24, 2.45) is 4.99 Å². The minimum atomic E-state index is 0.517. The van der Waals surface area contributed by atoms with Crippen LogP contribution in [0, 0.1) is 0 Å². The molecular weight excluding hydrogens is 362 g/mol. The van der Waals surface area contributed by atoms with Gasteiger partial charge in [0.1, 0.15) is 0 Å². The zero-order valence-electron chi connectivity index (χ0n) is 18.3. The van der Waals surface area contributed by atoms with Crippen molar-refractivity contribution in [1.82, 2.24) is 20.4 Å². The Balaban J connectivity index is 1.38. The van der Waals surface area contributed by atoms with Gasteiger partial charge >= 0.3 is 0 Å². The lowest BCUT2D eigenvalue weighted by molar-refractivity contribution is 0.155. The fourth-order valence-corrected chi connectivity index (χ4v) is 4.49. The molecule has 0 spiro atoms. The molecule has 2 aliphatic rings. The van der Waals surface area contributed by atoms with E-state index in [-0.39, 0.29) is 0 Å². The Morgan fingerprint density at radius 2 is 1.93 bits per heavy atom. The van der Waals surface area contributed by atoms with Gasteiger partial charge < -0.3 is 20.3 Å². The Morgan fingerprint density at radius 3 is 2.66 bits per heavy atom. The number of likely N-dealkylation sites (tertiary alicyclic amines) is 2. The minimum absolute atomic E-state index is 0.517. The van der Waals surface area contributed by atoms with Crippen LogP contribution in [0.2, 0.25) is 0 Å². The predicted molar refractivity (Wildman–Crippen MR) is 120 cm³/mol. The van der Waals surface area contributed by atoms with Crippen LogP contribution >= 0.6 is 0 Å². The summed E-state index contributed by atoms with van der Waals surface area (Å²) in [4.78, 5) is 9.63. The number of benzene rings is 1. The van der Waals surface area contributed by atoms with Crippen molar-refractivity contribution in [3.05, 3.63) is 35.9 Å². The number of nitrogens with one attached hydrogen (secondary N) is 2. The van der Waals surface area contributed by atoms with Gasteiger partial charge in [0, 0.05) is 65.6 Å². The molecule has 2 heterocycles. The van der Waals surface area contributed by atoms with Crippen molar-refractivity contribution in [2.45, 2.75) is 50.7 Å². The third-order valence-electron chi connectivity index (χ3n) is 6.21. The zero-order chi connectivity index (χ0) is 20.3. The van der Waals surface area contributed by atoms with Crippen LogP contribution < -0.4 is 10.6 Å². The van der Waals surface area contributed by atoms with Crippen molar-refractivity contribution >= 4 is 5.96 Å². The molecule has 29 heavy (non-hydrogen) atoms. The SMILES string of the molecule is CN=C(NCC1CCCN1Cc1ccccc1)NC1CCN(CCCOC)CC1. The largest absolute Gasteiger partial charge is 0.385 e. The molecule has 0 radical (unpaired) electrons. The second-order valence-corrected chi connectivity index (χ2v) is 8.31. The third kappa shape index (κ3) is 7.28. The predicted octanol–water partition coefficient (Wildman–Crippen LogP) is 2.32. The summed E-state index contributed by atoms with van der Waals surface area (Å²) in [5.74, 6) is 0.953. The van der Waals surface area contributed by atoms with Gasteiger partial charge in [0.25, 0.3) is 0 Å². The monoisotopic (exact) mass is 401 g/mol. The van der Waals surface area contributed by atoms with Gasteiger partial charge in [-0.3, -0.25) is 9.89 Å². The highest BCUT2D eigenvalue weighted by Crippen LogP contribution is 2.19. The lowest BCUT2D eigenvalue weighted by Gasteiger charge is -2.33. The summed E-state index contributed by atoms with van der Waals surface area (Å²) < 4.78 is 5.16. The molecule has 2 N–H and O–H groups in total. The Kier molecular flexibility index (Phi) is 9.25. The highest BCUT2D eigenvalue weighted by molar-refractivity contribution is 5.80. The molecule has 0 aliphatic carbocycles. The van der Waals surface area contributed by atoms with E-state index in [0.717, 1.165) is 51.7 Å². The molecule has 0 bridgehead atoms. The summed E-state index contributed by atoms with van der Waals surface area (Å²) in [6.07, 6.45) is 6.02. The van der Waals surface area contributed by atoms with E-state index in [4.69, 9.17) is 4.74 Å². The first-order chi connectivity index (χ1) is 14.3. The number of piperidine rings is 1. The third-order valence-corrected chi connectivity index (χ3v) is 6.21. The maximum absolute atomic E-state index is 5.16. The van der Waals surface area contributed by atoms with Crippen LogP contribution in [0.4, 0.5) is 0 Å². The molecule has 2 aliphatic heterocycles. The van der Waals surface area contributed by atoms with Gasteiger partial charge in [0.2, 0.25) is 0 Å². The van der Waals surface area contributed by atoms with Gasteiger partial charge in [-0.2, -0.15) is 0 Å². The highest BCUT2D eigenvalue weighted by atomic mass is 16.5. The summed E-state index contributed by atoms with van der Waals surface area (Å²) in [7, 11) is 3.66. The molecule has 2 fully saturated rings. The van der Waals surface area contributed by atoms with E-state index in [9.17, 15) is 0 Å². The first kappa shape index (κ1) is 22.1. The number of hydrogen-bond donors (Lipinski definition) is 2. The number of methoxy groups -OCH3 is 1. The molecule has 1 aromatic rings. The number of ether oxygens (including phenoxy) is 1. The van der Waals surface area contributed by atoms with E-state index in [1.54, 1.807) is 7.11 Å². The van der Waals surface area contributed by atoms with Crippen molar-refractivity contribution in [1.29, 1.82) is 0 Å². The second kappa shape index (κ2) is 12.2. The van der Waals surface area contributed by atoms with Crippen LogP contribution in [-0.2, 0) is 11.3 Å². The van der Waals surface area contributed by atoms with E-state index in [0.29, 0.717) is 12.1 Å². The van der Waals surface area contributed by atoms with Gasteiger partial charge in [-0.25, -0.2) is 0 Å². The standard InChI is InChI=1S/C23H39N5O/c1-24-23(26-21-11-15-27(16-12-21)13-7-17-29-2)25-18-22-10-6-14-28(22)19-20-8-4-3-5-9-20/h3-5,8-9,21-22H,6-7,10-19H2,1-2H3,(H2,24,25,26). The maximum Gasteiger partial charge on any atom is 0.191 e. The van der Waals surface area contributed by atoms with E-state index in [1.807, 2.05) is 7.05 Å². The first-order valence-electron chi connectivity index (χ1n) is 11.2. The first-order valence-corrected chi connectivity index (χ1v) is 11.2. The number of guanidine groups is 1.